The summed E-state index contributed by atoms with van der Waals surface area (Å²) in [7, 11) is 1.86. The van der Waals surface area contributed by atoms with E-state index in [1.54, 1.807) is 0 Å². The van der Waals surface area contributed by atoms with Gasteiger partial charge in [0.15, 0.2) is 0 Å². The van der Waals surface area contributed by atoms with Gasteiger partial charge in [-0.05, 0) is 30.6 Å². The van der Waals surface area contributed by atoms with Crippen molar-refractivity contribution in [3.63, 3.8) is 0 Å². The van der Waals surface area contributed by atoms with Gasteiger partial charge < -0.3 is 4.74 Å². The van der Waals surface area contributed by atoms with Gasteiger partial charge in [0.2, 0.25) is 0 Å². The first-order valence-corrected chi connectivity index (χ1v) is 4.97. The first-order valence-electron chi connectivity index (χ1n) is 4.97. The Hall–Kier alpha value is -0.0400. The molecule has 0 radical (unpaired) electrons. The molecule has 0 amide bonds. The second kappa shape index (κ2) is 3.02. The van der Waals surface area contributed by atoms with Gasteiger partial charge in [-0.25, -0.2) is 0 Å². The summed E-state index contributed by atoms with van der Waals surface area (Å²) in [6.45, 7) is 9.23. The highest BCUT2D eigenvalue weighted by Gasteiger charge is 2.46. The molecule has 1 atom stereocenters. The molecule has 1 nitrogen and oxygen atoms in total. The number of hydrogen-bond acceptors (Lipinski definition) is 1. The Balaban J connectivity index is 2.67. The van der Waals surface area contributed by atoms with Gasteiger partial charge in [-0.1, -0.05) is 27.7 Å². The zero-order valence-electron chi connectivity index (χ0n) is 9.11. The highest BCUT2D eigenvalue weighted by Crippen LogP contribution is 2.47. The molecule has 0 aromatic heterocycles. The fraction of sp³-hybridized carbons (Fsp3) is 1.00. The summed E-state index contributed by atoms with van der Waals surface area (Å²) < 4.78 is 5.66. The van der Waals surface area contributed by atoms with Crippen molar-refractivity contribution < 1.29 is 4.74 Å². The Kier molecular flexibility index (Phi) is 2.53. The second-order valence-electron chi connectivity index (χ2n) is 5.21. The third-order valence-corrected chi connectivity index (χ3v) is 3.69. The van der Waals surface area contributed by atoms with Gasteiger partial charge in [-0.15, -0.1) is 0 Å². The van der Waals surface area contributed by atoms with Gasteiger partial charge in [0.05, 0.1) is 5.60 Å². The largest absolute Gasteiger partial charge is 0.378 e. The standard InChI is InChI=1S/C11H22O/c1-9(10(2,3)4)11(12-5)7-6-8-11/h9H,6-8H2,1-5H3/t9-/m0/s1. The molecule has 12 heavy (non-hydrogen) atoms. The van der Waals surface area contributed by atoms with Gasteiger partial charge in [0.25, 0.3) is 0 Å². The quantitative estimate of drug-likeness (QED) is 0.618. The van der Waals surface area contributed by atoms with Gasteiger partial charge in [-0.2, -0.15) is 0 Å². The molecule has 1 rings (SSSR count). The predicted octanol–water partition coefficient (Wildman–Crippen LogP) is 3.24. The van der Waals surface area contributed by atoms with Crippen LogP contribution in [0.15, 0.2) is 0 Å². The van der Waals surface area contributed by atoms with E-state index in [0.29, 0.717) is 11.3 Å². The van der Waals surface area contributed by atoms with E-state index in [9.17, 15) is 0 Å². The Morgan fingerprint density at radius 3 is 1.83 bits per heavy atom. The van der Waals surface area contributed by atoms with E-state index < -0.39 is 0 Å². The highest BCUT2D eigenvalue weighted by atomic mass is 16.5. The fourth-order valence-corrected chi connectivity index (χ4v) is 2.13. The van der Waals surface area contributed by atoms with Gasteiger partial charge in [0, 0.05) is 7.11 Å². The molecule has 1 saturated carbocycles. The zero-order chi connectivity index (χ0) is 9.41. The zero-order valence-corrected chi connectivity index (χ0v) is 9.11. The van der Waals surface area contributed by atoms with Crippen LogP contribution in [0, 0.1) is 11.3 Å². The number of methoxy groups -OCH3 is 1. The molecule has 1 aliphatic carbocycles. The maximum absolute atomic E-state index is 5.66. The van der Waals surface area contributed by atoms with E-state index in [1.165, 1.54) is 19.3 Å². The van der Waals surface area contributed by atoms with Gasteiger partial charge in [0.1, 0.15) is 0 Å². The average Bonchev–Trinajstić information content (AvgIpc) is 1.84. The maximum Gasteiger partial charge on any atom is 0.0709 e. The summed E-state index contributed by atoms with van der Waals surface area (Å²) >= 11 is 0. The van der Waals surface area contributed by atoms with Crippen LogP contribution in [0.5, 0.6) is 0 Å². The molecule has 72 valence electrons. The maximum atomic E-state index is 5.66. The molecule has 0 N–H and O–H groups in total. The Morgan fingerprint density at radius 2 is 1.75 bits per heavy atom. The molecule has 0 aliphatic heterocycles. The van der Waals surface area contributed by atoms with Crippen LogP contribution in [0.3, 0.4) is 0 Å². The van der Waals surface area contributed by atoms with E-state index in [4.69, 9.17) is 4.74 Å². The van der Waals surface area contributed by atoms with Crippen molar-refractivity contribution in [2.75, 3.05) is 7.11 Å². The van der Waals surface area contributed by atoms with Crippen LogP contribution >= 0.6 is 0 Å². The van der Waals surface area contributed by atoms with Crippen molar-refractivity contribution in [3.8, 4) is 0 Å². The third-order valence-electron chi connectivity index (χ3n) is 3.69. The second-order valence-corrected chi connectivity index (χ2v) is 5.21. The summed E-state index contributed by atoms with van der Waals surface area (Å²) in [6, 6.07) is 0. The number of rotatable bonds is 2. The van der Waals surface area contributed by atoms with Crippen molar-refractivity contribution >= 4 is 0 Å². The SMILES string of the molecule is COC1([C@@H](C)C(C)(C)C)CCC1. The van der Waals surface area contributed by atoms with Crippen LogP contribution < -0.4 is 0 Å². The first-order chi connectivity index (χ1) is 5.42. The normalized spacial score (nSPS) is 24.8. The lowest BCUT2D eigenvalue weighted by atomic mass is 9.63. The molecule has 1 aliphatic rings. The molecule has 0 saturated heterocycles. The molecule has 0 spiro atoms. The van der Waals surface area contributed by atoms with Gasteiger partial charge >= 0.3 is 0 Å². The molecule has 0 unspecified atom stereocenters. The molecule has 0 aromatic carbocycles. The minimum Gasteiger partial charge on any atom is -0.378 e. The van der Waals surface area contributed by atoms with E-state index in [2.05, 4.69) is 27.7 Å². The summed E-state index contributed by atoms with van der Waals surface area (Å²) in [5, 5.41) is 0. The summed E-state index contributed by atoms with van der Waals surface area (Å²) in [6.07, 6.45) is 3.85. The predicted molar refractivity (Wildman–Crippen MR) is 52.2 cm³/mol. The van der Waals surface area contributed by atoms with Crippen LogP contribution in [-0.4, -0.2) is 12.7 Å². The van der Waals surface area contributed by atoms with E-state index >= 15 is 0 Å². The summed E-state index contributed by atoms with van der Waals surface area (Å²) in [4.78, 5) is 0. The van der Waals surface area contributed by atoms with E-state index in [0.717, 1.165) is 0 Å². The molecule has 1 fully saturated rings. The monoisotopic (exact) mass is 170 g/mol. The molecular weight excluding hydrogens is 148 g/mol. The molecular formula is C11H22O. The minimum atomic E-state index is 0.207. The molecule has 1 heteroatoms. The van der Waals surface area contributed by atoms with Crippen LogP contribution in [0.1, 0.15) is 47.0 Å². The van der Waals surface area contributed by atoms with Crippen molar-refractivity contribution in [1.29, 1.82) is 0 Å². The lowest BCUT2D eigenvalue weighted by Gasteiger charge is -2.50. The lowest BCUT2D eigenvalue weighted by molar-refractivity contribution is -0.137. The van der Waals surface area contributed by atoms with Crippen LogP contribution in [0.4, 0.5) is 0 Å². The Bertz CT molecular complexity index is 145. The topological polar surface area (TPSA) is 9.23 Å². The van der Waals surface area contributed by atoms with Gasteiger partial charge in [-0.3, -0.25) is 0 Å². The number of hydrogen-bond donors (Lipinski definition) is 0. The van der Waals surface area contributed by atoms with E-state index in [1.807, 2.05) is 7.11 Å². The van der Waals surface area contributed by atoms with Crippen molar-refractivity contribution in [2.24, 2.45) is 11.3 Å². The summed E-state index contributed by atoms with van der Waals surface area (Å²) in [5.41, 5.74) is 0.578. The highest BCUT2D eigenvalue weighted by molar-refractivity contribution is 4.97. The molecule has 0 aromatic rings. The lowest BCUT2D eigenvalue weighted by Crippen LogP contribution is -2.49. The summed E-state index contributed by atoms with van der Waals surface area (Å²) in [5.74, 6) is 0.656. The van der Waals surface area contributed by atoms with Crippen molar-refractivity contribution in [3.05, 3.63) is 0 Å². The smallest absolute Gasteiger partial charge is 0.0709 e. The molecule has 0 heterocycles. The Labute approximate surface area is 76.5 Å². The van der Waals surface area contributed by atoms with Crippen LogP contribution in [-0.2, 0) is 4.74 Å². The van der Waals surface area contributed by atoms with Crippen molar-refractivity contribution in [1.82, 2.24) is 0 Å². The first kappa shape index (κ1) is 10.0. The van der Waals surface area contributed by atoms with E-state index in [-0.39, 0.29) is 5.60 Å². The minimum absolute atomic E-state index is 0.207. The number of ether oxygens (including phenoxy) is 1. The average molecular weight is 170 g/mol. The fourth-order valence-electron chi connectivity index (χ4n) is 2.13. The Morgan fingerprint density at radius 1 is 1.25 bits per heavy atom. The van der Waals surface area contributed by atoms with Crippen LogP contribution in [0.2, 0.25) is 0 Å². The van der Waals surface area contributed by atoms with Crippen LogP contribution in [0.25, 0.3) is 0 Å². The molecule has 0 bridgehead atoms. The van der Waals surface area contributed by atoms with Crippen molar-refractivity contribution in [2.45, 2.75) is 52.6 Å². The third kappa shape index (κ3) is 1.52.